The second-order valence-electron chi connectivity index (χ2n) is 6.84. The summed E-state index contributed by atoms with van der Waals surface area (Å²) in [5.74, 6) is 0.946. The van der Waals surface area contributed by atoms with Gasteiger partial charge in [-0.15, -0.1) is 12.4 Å². The summed E-state index contributed by atoms with van der Waals surface area (Å²) in [4.78, 5) is 11.9. The molecular weight excluding hydrogens is 248 g/mol. The van der Waals surface area contributed by atoms with E-state index >= 15 is 0 Å². The zero-order chi connectivity index (χ0) is 12.7. The molecule has 1 saturated carbocycles. The van der Waals surface area contributed by atoms with E-state index in [1.54, 1.807) is 0 Å². The molecule has 0 spiro atoms. The first-order valence-corrected chi connectivity index (χ1v) is 6.86. The van der Waals surface area contributed by atoms with Gasteiger partial charge in [0.05, 0.1) is 0 Å². The Morgan fingerprint density at radius 3 is 2.33 bits per heavy atom. The Kier molecular flexibility index (Phi) is 4.71. The molecule has 1 heterocycles. The molecule has 2 rings (SSSR count). The second kappa shape index (κ2) is 5.38. The Labute approximate surface area is 117 Å². The topological polar surface area (TPSA) is 41.1 Å². The number of carbonyl (C=O) groups is 1. The van der Waals surface area contributed by atoms with Gasteiger partial charge in [0.2, 0.25) is 5.91 Å². The average Bonchev–Trinajstić information content (AvgIpc) is 2.68. The third-order valence-electron chi connectivity index (χ3n) is 5.27. The summed E-state index contributed by atoms with van der Waals surface area (Å²) in [5.41, 5.74) is 0.495. The monoisotopic (exact) mass is 274 g/mol. The zero-order valence-corrected chi connectivity index (χ0v) is 12.8. The highest BCUT2D eigenvalue weighted by Gasteiger charge is 2.65. The molecule has 106 valence electrons. The largest absolute Gasteiger partial charge is 0.352 e. The average molecular weight is 275 g/mol. The highest BCUT2D eigenvalue weighted by atomic mass is 35.5. The van der Waals surface area contributed by atoms with Crippen molar-refractivity contribution in [1.82, 2.24) is 10.6 Å². The molecule has 1 saturated heterocycles. The van der Waals surface area contributed by atoms with Crippen LogP contribution < -0.4 is 10.6 Å². The molecule has 3 nitrogen and oxygen atoms in total. The van der Waals surface area contributed by atoms with E-state index in [-0.39, 0.29) is 29.1 Å². The van der Waals surface area contributed by atoms with Gasteiger partial charge in [0.25, 0.3) is 0 Å². The lowest BCUT2D eigenvalue weighted by Gasteiger charge is -2.09. The predicted octanol–water partition coefficient (Wildman–Crippen LogP) is 2.35. The molecule has 0 aromatic carbocycles. The minimum absolute atomic E-state index is 0. The lowest BCUT2D eigenvalue weighted by molar-refractivity contribution is -0.121. The van der Waals surface area contributed by atoms with Crippen molar-refractivity contribution >= 4 is 18.3 Å². The first-order chi connectivity index (χ1) is 7.85. The zero-order valence-electron chi connectivity index (χ0n) is 12.0. The fourth-order valence-corrected chi connectivity index (χ4v) is 3.09. The number of hydrogen-bond donors (Lipinski definition) is 2. The molecule has 0 radical (unpaired) electrons. The van der Waals surface area contributed by atoms with Crippen LogP contribution in [0.4, 0.5) is 0 Å². The van der Waals surface area contributed by atoms with Gasteiger partial charge >= 0.3 is 0 Å². The van der Waals surface area contributed by atoms with Crippen molar-refractivity contribution < 1.29 is 4.79 Å². The summed E-state index contributed by atoms with van der Waals surface area (Å²) in [6.07, 6.45) is 2.95. The van der Waals surface area contributed by atoms with Gasteiger partial charge in [0.1, 0.15) is 0 Å². The summed E-state index contributed by atoms with van der Waals surface area (Å²) in [7, 11) is 0. The van der Waals surface area contributed by atoms with E-state index in [1.807, 2.05) is 0 Å². The van der Waals surface area contributed by atoms with Crippen LogP contribution in [0.2, 0.25) is 0 Å². The van der Waals surface area contributed by atoms with Crippen molar-refractivity contribution in [3.8, 4) is 0 Å². The predicted molar refractivity (Wildman–Crippen MR) is 77.0 cm³/mol. The lowest BCUT2D eigenvalue weighted by atomic mass is 10.0. The van der Waals surface area contributed by atoms with Gasteiger partial charge in [-0.25, -0.2) is 0 Å². The minimum Gasteiger partial charge on any atom is -0.352 e. The fraction of sp³-hybridized carbons (Fsp3) is 0.929. The van der Waals surface area contributed by atoms with Gasteiger partial charge in [0.15, 0.2) is 0 Å². The molecule has 1 atom stereocenters. The summed E-state index contributed by atoms with van der Waals surface area (Å²) >= 11 is 0. The van der Waals surface area contributed by atoms with E-state index in [0.29, 0.717) is 18.4 Å². The normalized spacial score (nSPS) is 28.6. The van der Waals surface area contributed by atoms with Crippen LogP contribution in [0.5, 0.6) is 0 Å². The molecule has 18 heavy (non-hydrogen) atoms. The number of halogens is 1. The maximum absolute atomic E-state index is 11.9. The first-order valence-electron chi connectivity index (χ1n) is 6.86. The van der Waals surface area contributed by atoms with Gasteiger partial charge in [0, 0.05) is 12.5 Å². The number of hydrogen-bond acceptors (Lipinski definition) is 2. The maximum Gasteiger partial charge on any atom is 0.220 e. The Balaban J connectivity index is 0.00000162. The van der Waals surface area contributed by atoms with E-state index in [1.165, 1.54) is 6.42 Å². The lowest BCUT2D eigenvalue weighted by Crippen LogP contribution is -2.30. The molecule has 0 aromatic heterocycles. The van der Waals surface area contributed by atoms with Crippen molar-refractivity contribution in [1.29, 1.82) is 0 Å². The Morgan fingerprint density at radius 1 is 1.28 bits per heavy atom. The minimum atomic E-state index is 0. The van der Waals surface area contributed by atoms with E-state index in [4.69, 9.17) is 0 Å². The standard InChI is InChI=1S/C14H26N2O.ClH/c1-13(2)12(14(13,3)4)16-11(17)6-5-10-7-8-15-9-10;/h10,12,15H,5-9H2,1-4H3,(H,16,17);1H. The van der Waals surface area contributed by atoms with E-state index < -0.39 is 0 Å². The van der Waals surface area contributed by atoms with Gasteiger partial charge < -0.3 is 10.6 Å². The van der Waals surface area contributed by atoms with Crippen molar-refractivity contribution in [2.75, 3.05) is 13.1 Å². The van der Waals surface area contributed by atoms with Crippen LogP contribution in [0.15, 0.2) is 0 Å². The molecule has 0 aromatic rings. The molecule has 4 heteroatoms. The second-order valence-corrected chi connectivity index (χ2v) is 6.84. The van der Waals surface area contributed by atoms with E-state index in [9.17, 15) is 4.79 Å². The molecule has 1 aliphatic carbocycles. The summed E-state index contributed by atoms with van der Waals surface area (Å²) in [6, 6.07) is 0.351. The molecule has 0 bridgehead atoms. The summed E-state index contributed by atoms with van der Waals surface area (Å²) < 4.78 is 0. The molecule has 2 fully saturated rings. The molecule has 1 aliphatic heterocycles. The molecule has 1 amide bonds. The number of nitrogens with one attached hydrogen (secondary N) is 2. The Hall–Kier alpha value is -0.280. The molecule has 2 aliphatic rings. The van der Waals surface area contributed by atoms with Gasteiger partial charge in [-0.05, 0) is 42.7 Å². The fourth-order valence-electron chi connectivity index (χ4n) is 3.09. The Morgan fingerprint density at radius 2 is 1.89 bits per heavy atom. The first kappa shape index (κ1) is 15.8. The van der Waals surface area contributed by atoms with Crippen LogP contribution >= 0.6 is 12.4 Å². The van der Waals surface area contributed by atoms with Crippen molar-refractivity contribution in [3.63, 3.8) is 0 Å². The molecule has 1 unspecified atom stereocenters. The van der Waals surface area contributed by atoms with Crippen LogP contribution in [-0.2, 0) is 4.79 Å². The van der Waals surface area contributed by atoms with Crippen molar-refractivity contribution in [3.05, 3.63) is 0 Å². The molecule has 2 N–H and O–H groups in total. The van der Waals surface area contributed by atoms with Gasteiger partial charge in [-0.1, -0.05) is 27.7 Å². The maximum atomic E-state index is 11.9. The summed E-state index contributed by atoms with van der Waals surface area (Å²) in [5, 5.41) is 6.54. The molecular formula is C14H27ClN2O. The third-order valence-corrected chi connectivity index (χ3v) is 5.27. The van der Waals surface area contributed by atoms with Crippen LogP contribution in [0.1, 0.15) is 47.0 Å². The number of amides is 1. The van der Waals surface area contributed by atoms with Crippen molar-refractivity contribution in [2.45, 2.75) is 53.0 Å². The van der Waals surface area contributed by atoms with Crippen LogP contribution in [0, 0.1) is 16.7 Å². The quantitative estimate of drug-likeness (QED) is 0.826. The van der Waals surface area contributed by atoms with Crippen LogP contribution in [-0.4, -0.2) is 25.0 Å². The van der Waals surface area contributed by atoms with Gasteiger partial charge in [-0.2, -0.15) is 0 Å². The SMILES string of the molecule is CC1(C)C(NC(=O)CCC2CCNC2)C1(C)C.Cl. The number of carbonyl (C=O) groups excluding carboxylic acids is 1. The van der Waals surface area contributed by atoms with Gasteiger partial charge in [-0.3, -0.25) is 4.79 Å². The van der Waals surface area contributed by atoms with Crippen LogP contribution in [0.3, 0.4) is 0 Å². The van der Waals surface area contributed by atoms with Crippen LogP contribution in [0.25, 0.3) is 0 Å². The van der Waals surface area contributed by atoms with E-state index in [0.717, 1.165) is 19.5 Å². The third kappa shape index (κ3) is 2.83. The van der Waals surface area contributed by atoms with E-state index in [2.05, 4.69) is 38.3 Å². The highest BCUT2D eigenvalue weighted by Crippen LogP contribution is 2.62. The number of rotatable bonds is 4. The smallest absolute Gasteiger partial charge is 0.220 e. The Bertz CT molecular complexity index is 295. The summed E-state index contributed by atoms with van der Waals surface area (Å²) in [6.45, 7) is 11.2. The highest BCUT2D eigenvalue weighted by molar-refractivity contribution is 5.85. The van der Waals surface area contributed by atoms with Crippen molar-refractivity contribution in [2.24, 2.45) is 16.7 Å².